The number of sulfone groups is 1. The number of halogens is 1. The van der Waals surface area contributed by atoms with Gasteiger partial charge in [-0.25, -0.2) is 8.42 Å². The van der Waals surface area contributed by atoms with Crippen LogP contribution in [0.15, 0.2) is 59.5 Å². The number of rotatable bonds is 6. The van der Waals surface area contributed by atoms with Crippen LogP contribution >= 0.6 is 22.9 Å². The highest BCUT2D eigenvalue weighted by Crippen LogP contribution is 2.21. The molecular formula is C17H14ClN3O3S2. The Bertz CT molecular complexity index is 1000. The van der Waals surface area contributed by atoms with E-state index in [1.807, 2.05) is 0 Å². The first-order valence-corrected chi connectivity index (χ1v) is 10.4. The van der Waals surface area contributed by atoms with E-state index in [0.29, 0.717) is 10.0 Å². The van der Waals surface area contributed by atoms with Gasteiger partial charge < -0.3 is 5.32 Å². The predicted molar refractivity (Wildman–Crippen MR) is 101 cm³/mol. The summed E-state index contributed by atoms with van der Waals surface area (Å²) in [5.41, 5.74) is 0.809. The van der Waals surface area contributed by atoms with Gasteiger partial charge in [0, 0.05) is 5.02 Å². The molecule has 0 aliphatic rings. The van der Waals surface area contributed by atoms with E-state index in [1.165, 1.54) is 12.1 Å². The van der Waals surface area contributed by atoms with Gasteiger partial charge in [0.2, 0.25) is 11.0 Å². The zero-order chi connectivity index (χ0) is 18.6. The summed E-state index contributed by atoms with van der Waals surface area (Å²) in [5.74, 6) is -0.525. The Morgan fingerprint density at radius 2 is 1.73 bits per heavy atom. The van der Waals surface area contributed by atoms with Gasteiger partial charge in [0.25, 0.3) is 0 Å². The van der Waals surface area contributed by atoms with Crippen LogP contribution in [-0.4, -0.2) is 24.5 Å². The maximum Gasteiger partial charge on any atom is 0.230 e. The van der Waals surface area contributed by atoms with Crippen LogP contribution in [0.25, 0.3) is 0 Å². The molecule has 1 amide bonds. The summed E-state index contributed by atoms with van der Waals surface area (Å²) in [7, 11) is -3.50. The van der Waals surface area contributed by atoms with Crippen LogP contribution < -0.4 is 5.32 Å². The monoisotopic (exact) mass is 407 g/mol. The number of hydrogen-bond donors (Lipinski definition) is 1. The van der Waals surface area contributed by atoms with Gasteiger partial charge >= 0.3 is 0 Å². The van der Waals surface area contributed by atoms with Crippen LogP contribution in [0.5, 0.6) is 0 Å². The van der Waals surface area contributed by atoms with Crippen molar-refractivity contribution in [2.24, 2.45) is 0 Å². The first kappa shape index (κ1) is 18.5. The highest BCUT2D eigenvalue weighted by atomic mass is 35.5. The molecule has 0 aliphatic carbocycles. The number of hydrogen-bond acceptors (Lipinski definition) is 6. The van der Waals surface area contributed by atoms with Gasteiger partial charge in [-0.1, -0.05) is 53.3 Å². The number of benzene rings is 2. The quantitative estimate of drug-likeness (QED) is 0.676. The average molecular weight is 408 g/mol. The van der Waals surface area contributed by atoms with Crippen molar-refractivity contribution >= 4 is 43.8 Å². The third-order valence-electron chi connectivity index (χ3n) is 3.41. The molecule has 1 aromatic heterocycles. The number of amides is 1. The highest BCUT2D eigenvalue weighted by molar-refractivity contribution is 7.90. The summed E-state index contributed by atoms with van der Waals surface area (Å²) in [6, 6.07) is 15.1. The highest BCUT2D eigenvalue weighted by Gasteiger charge is 2.18. The van der Waals surface area contributed by atoms with Crippen LogP contribution in [-0.2, 0) is 26.8 Å². The topological polar surface area (TPSA) is 89.0 Å². The van der Waals surface area contributed by atoms with E-state index in [0.717, 1.165) is 16.9 Å². The van der Waals surface area contributed by atoms with Gasteiger partial charge in [0.05, 0.1) is 11.3 Å². The van der Waals surface area contributed by atoms with E-state index in [2.05, 4.69) is 15.5 Å². The Labute approximate surface area is 159 Å². The molecule has 0 aliphatic heterocycles. The molecule has 134 valence electrons. The molecule has 1 heterocycles. The lowest BCUT2D eigenvalue weighted by Gasteiger charge is -2.02. The molecular weight excluding hydrogens is 394 g/mol. The summed E-state index contributed by atoms with van der Waals surface area (Å²) in [5, 5.41) is 11.5. The van der Waals surface area contributed by atoms with Crippen LogP contribution in [0.2, 0.25) is 5.02 Å². The predicted octanol–water partition coefficient (Wildman–Crippen LogP) is 3.35. The van der Waals surface area contributed by atoms with Gasteiger partial charge in [-0.05, 0) is 29.8 Å². The molecule has 0 atom stereocenters. The van der Waals surface area contributed by atoms with Crippen LogP contribution in [0, 0.1) is 0 Å². The number of nitrogens with one attached hydrogen (secondary N) is 1. The maximum absolute atomic E-state index is 12.3. The Balaban J connectivity index is 1.62. The van der Waals surface area contributed by atoms with E-state index in [9.17, 15) is 13.2 Å². The minimum atomic E-state index is -3.50. The Hall–Kier alpha value is -2.29. The Kier molecular flexibility index (Phi) is 5.65. The minimum Gasteiger partial charge on any atom is -0.300 e. The first-order chi connectivity index (χ1) is 12.4. The molecule has 9 heteroatoms. The van der Waals surface area contributed by atoms with E-state index >= 15 is 0 Å². The largest absolute Gasteiger partial charge is 0.300 e. The summed E-state index contributed by atoms with van der Waals surface area (Å²) in [4.78, 5) is 12.3. The summed E-state index contributed by atoms with van der Waals surface area (Å²) >= 11 is 6.85. The van der Waals surface area contributed by atoms with Crippen molar-refractivity contribution < 1.29 is 13.2 Å². The third-order valence-corrected chi connectivity index (χ3v) is 6.32. The summed E-state index contributed by atoms with van der Waals surface area (Å²) in [6.45, 7) is 0. The fourth-order valence-corrected chi connectivity index (χ4v) is 4.69. The van der Waals surface area contributed by atoms with Crippen molar-refractivity contribution in [2.45, 2.75) is 17.1 Å². The van der Waals surface area contributed by atoms with Gasteiger partial charge in [-0.2, -0.15) is 0 Å². The second kappa shape index (κ2) is 7.94. The zero-order valence-electron chi connectivity index (χ0n) is 13.4. The molecule has 0 unspecified atom stereocenters. The minimum absolute atomic E-state index is 0.161. The first-order valence-electron chi connectivity index (χ1n) is 7.57. The molecule has 26 heavy (non-hydrogen) atoms. The summed E-state index contributed by atoms with van der Waals surface area (Å²) in [6.07, 6.45) is 0.161. The van der Waals surface area contributed by atoms with E-state index in [1.54, 1.807) is 42.5 Å². The van der Waals surface area contributed by atoms with Gasteiger partial charge in [-0.15, -0.1) is 10.2 Å². The number of anilines is 1. The molecule has 0 saturated carbocycles. The van der Waals surface area contributed by atoms with Gasteiger partial charge in [-0.3, -0.25) is 4.79 Å². The molecule has 0 saturated heterocycles. The lowest BCUT2D eigenvalue weighted by Crippen LogP contribution is -2.14. The fourth-order valence-electron chi connectivity index (χ4n) is 2.19. The number of aromatic nitrogens is 2. The van der Waals surface area contributed by atoms with Crippen molar-refractivity contribution in [1.82, 2.24) is 10.2 Å². The van der Waals surface area contributed by atoms with Crippen LogP contribution in [0.3, 0.4) is 0 Å². The smallest absolute Gasteiger partial charge is 0.230 e. The molecule has 1 N–H and O–H groups in total. The zero-order valence-corrected chi connectivity index (χ0v) is 15.8. The van der Waals surface area contributed by atoms with Crippen molar-refractivity contribution in [3.63, 3.8) is 0 Å². The molecule has 3 aromatic rings. The SMILES string of the molecule is O=C(Cc1ccc(Cl)cc1)Nc1nnc(CS(=O)(=O)c2ccccc2)s1. The van der Waals surface area contributed by atoms with Crippen LogP contribution in [0.1, 0.15) is 10.6 Å². The molecule has 0 bridgehead atoms. The molecule has 0 radical (unpaired) electrons. The van der Waals surface area contributed by atoms with Crippen molar-refractivity contribution in [1.29, 1.82) is 0 Å². The Morgan fingerprint density at radius 1 is 1.04 bits per heavy atom. The lowest BCUT2D eigenvalue weighted by molar-refractivity contribution is -0.115. The average Bonchev–Trinajstić information content (AvgIpc) is 3.03. The Morgan fingerprint density at radius 3 is 2.42 bits per heavy atom. The maximum atomic E-state index is 12.3. The van der Waals surface area contributed by atoms with E-state index in [4.69, 9.17) is 11.6 Å². The normalized spacial score (nSPS) is 11.3. The van der Waals surface area contributed by atoms with Gasteiger partial charge in [0.1, 0.15) is 10.8 Å². The lowest BCUT2D eigenvalue weighted by atomic mass is 10.1. The van der Waals surface area contributed by atoms with E-state index in [-0.39, 0.29) is 28.1 Å². The molecule has 0 spiro atoms. The van der Waals surface area contributed by atoms with Crippen LogP contribution in [0.4, 0.5) is 5.13 Å². The summed E-state index contributed by atoms with van der Waals surface area (Å²) < 4.78 is 24.7. The fraction of sp³-hybridized carbons (Fsp3) is 0.118. The molecule has 0 fully saturated rings. The number of carbonyl (C=O) groups excluding carboxylic acids is 1. The third kappa shape index (κ3) is 4.87. The molecule has 6 nitrogen and oxygen atoms in total. The van der Waals surface area contributed by atoms with E-state index < -0.39 is 9.84 Å². The van der Waals surface area contributed by atoms with Gasteiger partial charge in [0.15, 0.2) is 9.84 Å². The van der Waals surface area contributed by atoms with Crippen molar-refractivity contribution in [2.75, 3.05) is 5.32 Å². The van der Waals surface area contributed by atoms with Crippen molar-refractivity contribution in [3.8, 4) is 0 Å². The molecule has 3 rings (SSSR count). The molecule has 2 aromatic carbocycles. The second-order valence-electron chi connectivity index (χ2n) is 5.42. The number of carbonyl (C=O) groups is 1. The second-order valence-corrected chi connectivity index (χ2v) is 8.91. The standard InChI is InChI=1S/C17H14ClN3O3S2/c18-13-8-6-12(7-9-13)10-15(22)19-17-21-20-16(25-17)11-26(23,24)14-4-2-1-3-5-14/h1-9H,10-11H2,(H,19,21,22). The van der Waals surface area contributed by atoms with Crippen molar-refractivity contribution in [3.05, 3.63) is 70.2 Å². The number of nitrogens with zero attached hydrogens (tertiary/aromatic N) is 2.